The maximum absolute atomic E-state index is 11.0. The van der Waals surface area contributed by atoms with Crippen LogP contribution in [0.5, 0.6) is 5.75 Å². The molecular weight excluding hydrogens is 498 g/mol. The van der Waals surface area contributed by atoms with Gasteiger partial charge in [0.2, 0.25) is 0 Å². The minimum absolute atomic E-state index is 0. The zero-order valence-corrected chi connectivity index (χ0v) is 22.7. The minimum Gasteiger partial charge on any atom is -0.491 e. The number of rotatable bonds is 10. The molecule has 4 aromatic rings. The van der Waals surface area contributed by atoms with Gasteiger partial charge in [-0.3, -0.25) is 4.79 Å². The van der Waals surface area contributed by atoms with E-state index in [1.165, 1.54) is 33.9 Å². The van der Waals surface area contributed by atoms with Crippen molar-refractivity contribution in [2.24, 2.45) is 0 Å². The normalized spacial score (nSPS) is 12.4. The van der Waals surface area contributed by atoms with Crippen molar-refractivity contribution in [3.05, 3.63) is 113 Å². The van der Waals surface area contributed by atoms with Gasteiger partial charge < -0.3 is 20.3 Å². The number of carbonyl (C=O) groups is 1. The molecule has 4 aromatic carbocycles. The summed E-state index contributed by atoms with van der Waals surface area (Å²) in [6.07, 6.45) is 1.23. The monoisotopic (exact) mass is 533 g/mol. The second-order valence-corrected chi connectivity index (χ2v) is 10.3. The van der Waals surface area contributed by atoms with Crippen molar-refractivity contribution in [2.45, 2.75) is 44.8 Å². The molecule has 0 spiro atoms. The van der Waals surface area contributed by atoms with Crippen LogP contribution in [-0.2, 0) is 24.1 Å². The predicted octanol–water partition coefficient (Wildman–Crippen LogP) is 5.83. The SMILES string of the molecule is CC(C)(Cc1ccc2ccccc2c1)NCC(O)COc1ccccc1CC(=O)O.Cl.c1cc2cc(c1)C2. The van der Waals surface area contributed by atoms with Crippen LogP contribution < -0.4 is 10.1 Å². The number of carboxylic acids is 1. The summed E-state index contributed by atoms with van der Waals surface area (Å²) in [5.41, 5.74) is 4.60. The summed E-state index contributed by atoms with van der Waals surface area (Å²) in [7, 11) is 0. The quantitative estimate of drug-likeness (QED) is 0.210. The number of hydrogen-bond acceptors (Lipinski definition) is 4. The Morgan fingerprint density at radius 2 is 1.58 bits per heavy atom. The third-order valence-corrected chi connectivity index (χ3v) is 6.42. The summed E-state index contributed by atoms with van der Waals surface area (Å²) in [5, 5.41) is 25.2. The third kappa shape index (κ3) is 8.59. The fraction of sp³-hybridized carbons (Fsp3) is 0.281. The number of aliphatic hydroxyl groups is 1. The molecule has 5 nitrogen and oxygen atoms in total. The molecule has 0 saturated heterocycles. The molecule has 0 radical (unpaired) electrons. The molecular formula is C32H36ClNO4. The predicted molar refractivity (Wildman–Crippen MR) is 156 cm³/mol. The zero-order chi connectivity index (χ0) is 26.3. The molecule has 38 heavy (non-hydrogen) atoms. The molecule has 1 unspecified atom stereocenters. The first-order chi connectivity index (χ1) is 17.8. The van der Waals surface area contributed by atoms with Crippen LogP contribution in [0.2, 0.25) is 0 Å². The van der Waals surface area contributed by atoms with E-state index in [4.69, 9.17) is 9.84 Å². The van der Waals surface area contributed by atoms with E-state index in [1.54, 1.807) is 24.3 Å². The Labute approximate surface area is 230 Å². The standard InChI is InChI=1S/C25H29NO4.C7H6.ClH/c1-25(2,15-18-11-12-19-7-3-4-8-20(19)13-18)26-16-22(27)17-30-23-10-6-5-9-21(23)14-24(28)29;1-2-6-4-7(3-1)5-6;/h3-13,22,26-27H,14-17H2,1-2H3,(H,28,29);1-4H,5H2;1H. The second kappa shape index (κ2) is 13.4. The number of ether oxygens (including phenoxy) is 1. The van der Waals surface area contributed by atoms with Crippen LogP contribution in [0.25, 0.3) is 10.8 Å². The van der Waals surface area contributed by atoms with E-state index in [-0.39, 0.29) is 31.0 Å². The summed E-state index contributed by atoms with van der Waals surface area (Å²) < 4.78 is 5.68. The van der Waals surface area contributed by atoms with Crippen LogP contribution in [0.3, 0.4) is 0 Å². The van der Waals surface area contributed by atoms with Crippen molar-refractivity contribution in [2.75, 3.05) is 13.2 Å². The number of carboxylic acid groups (broad SMARTS) is 1. The van der Waals surface area contributed by atoms with E-state index >= 15 is 0 Å². The van der Waals surface area contributed by atoms with Gasteiger partial charge in [0.15, 0.2) is 0 Å². The average Bonchev–Trinajstić information content (AvgIpc) is 2.87. The largest absolute Gasteiger partial charge is 0.491 e. The van der Waals surface area contributed by atoms with Gasteiger partial charge in [0.1, 0.15) is 18.5 Å². The van der Waals surface area contributed by atoms with E-state index in [0.29, 0.717) is 17.9 Å². The molecule has 1 atom stereocenters. The van der Waals surface area contributed by atoms with Gasteiger partial charge in [-0.15, -0.1) is 12.4 Å². The van der Waals surface area contributed by atoms with Crippen molar-refractivity contribution in [3.63, 3.8) is 0 Å². The fourth-order valence-electron chi connectivity index (χ4n) is 4.47. The number of benzene rings is 4. The summed E-state index contributed by atoms with van der Waals surface area (Å²) >= 11 is 0. The van der Waals surface area contributed by atoms with Crippen LogP contribution in [0.15, 0.2) is 91.0 Å². The lowest BCUT2D eigenvalue weighted by Gasteiger charge is -2.28. The molecule has 0 aliphatic heterocycles. The van der Waals surface area contributed by atoms with Crippen LogP contribution in [0.4, 0.5) is 0 Å². The molecule has 2 aliphatic carbocycles. The number of nitrogens with one attached hydrogen (secondary N) is 1. The Balaban J connectivity index is 0.000000426. The smallest absolute Gasteiger partial charge is 0.307 e. The van der Waals surface area contributed by atoms with Crippen molar-refractivity contribution in [1.29, 1.82) is 0 Å². The highest BCUT2D eigenvalue weighted by Gasteiger charge is 2.20. The number of hydrogen-bond donors (Lipinski definition) is 3. The van der Waals surface area contributed by atoms with Crippen LogP contribution in [0.1, 0.15) is 36.1 Å². The number of aliphatic carboxylic acids is 1. The van der Waals surface area contributed by atoms with E-state index in [2.05, 4.69) is 73.8 Å². The molecule has 6 heteroatoms. The molecule has 0 aromatic heterocycles. The van der Waals surface area contributed by atoms with Gasteiger partial charge >= 0.3 is 5.97 Å². The van der Waals surface area contributed by atoms with Crippen molar-refractivity contribution in [1.82, 2.24) is 5.32 Å². The highest BCUT2D eigenvalue weighted by molar-refractivity contribution is 5.85. The minimum atomic E-state index is -0.913. The Hall–Kier alpha value is -3.38. The maximum atomic E-state index is 11.0. The summed E-state index contributed by atoms with van der Waals surface area (Å²) in [6, 6.07) is 30.4. The van der Waals surface area contributed by atoms with E-state index in [9.17, 15) is 9.90 Å². The van der Waals surface area contributed by atoms with Gasteiger partial charge in [-0.1, -0.05) is 84.9 Å². The number of para-hydroxylation sites is 1. The molecule has 0 heterocycles. The Morgan fingerprint density at radius 1 is 0.921 bits per heavy atom. The molecule has 0 saturated carbocycles. The summed E-state index contributed by atoms with van der Waals surface area (Å²) in [6.45, 7) is 4.69. The third-order valence-electron chi connectivity index (χ3n) is 6.42. The second-order valence-electron chi connectivity index (χ2n) is 10.3. The van der Waals surface area contributed by atoms with Gasteiger partial charge in [-0.25, -0.2) is 0 Å². The Morgan fingerprint density at radius 3 is 2.21 bits per heavy atom. The van der Waals surface area contributed by atoms with E-state index in [0.717, 1.165) is 6.42 Å². The lowest BCUT2D eigenvalue weighted by atomic mass is 9.93. The first-order valence-electron chi connectivity index (χ1n) is 12.7. The van der Waals surface area contributed by atoms with Gasteiger partial charge in [-0.05, 0) is 60.2 Å². The van der Waals surface area contributed by atoms with Gasteiger partial charge in [-0.2, -0.15) is 0 Å². The van der Waals surface area contributed by atoms with Crippen LogP contribution in [-0.4, -0.2) is 41.0 Å². The van der Waals surface area contributed by atoms with E-state index < -0.39 is 12.1 Å². The topological polar surface area (TPSA) is 78.8 Å². The first kappa shape index (κ1) is 29.2. The van der Waals surface area contributed by atoms with Gasteiger partial charge in [0.05, 0.1) is 6.42 Å². The number of halogens is 1. The van der Waals surface area contributed by atoms with Crippen molar-refractivity contribution < 1.29 is 19.7 Å². The summed E-state index contributed by atoms with van der Waals surface area (Å²) in [4.78, 5) is 11.0. The zero-order valence-electron chi connectivity index (χ0n) is 21.9. The molecule has 2 bridgehead atoms. The molecule has 6 rings (SSSR count). The fourth-order valence-corrected chi connectivity index (χ4v) is 4.47. The van der Waals surface area contributed by atoms with Crippen molar-refractivity contribution in [3.8, 4) is 5.75 Å². The maximum Gasteiger partial charge on any atom is 0.307 e. The Bertz CT molecular complexity index is 1330. The molecule has 200 valence electrons. The molecule has 0 amide bonds. The molecule has 2 aliphatic rings. The average molecular weight is 534 g/mol. The van der Waals surface area contributed by atoms with Crippen molar-refractivity contribution >= 4 is 29.1 Å². The highest BCUT2D eigenvalue weighted by atomic mass is 35.5. The highest BCUT2D eigenvalue weighted by Crippen LogP contribution is 2.21. The lowest BCUT2D eigenvalue weighted by Crippen LogP contribution is -2.46. The molecule has 0 fully saturated rings. The number of β-amino-alcohol motifs (C(OH)–C–C–N with tert-alkyl or cyclic N) is 1. The van der Waals surface area contributed by atoms with Gasteiger partial charge in [0.25, 0.3) is 0 Å². The molecule has 3 N–H and O–H groups in total. The first-order valence-corrected chi connectivity index (χ1v) is 12.7. The van der Waals surface area contributed by atoms with E-state index in [1.807, 2.05) is 12.1 Å². The summed E-state index contributed by atoms with van der Waals surface area (Å²) in [5.74, 6) is -0.418. The number of fused-ring (bicyclic) bond motifs is 3. The Kier molecular flexibility index (Phi) is 10.3. The number of aliphatic hydroxyl groups excluding tert-OH is 1. The van der Waals surface area contributed by atoms with Gasteiger partial charge in [0, 0.05) is 17.6 Å². The van der Waals surface area contributed by atoms with Crippen LogP contribution >= 0.6 is 12.4 Å². The van der Waals surface area contributed by atoms with Crippen LogP contribution in [0, 0.1) is 0 Å². The lowest BCUT2D eigenvalue weighted by molar-refractivity contribution is -0.136.